The number of nitrogens with zero attached hydrogens (tertiary/aromatic N) is 1. The molecule has 0 aliphatic carbocycles. The molecule has 0 aliphatic heterocycles. The maximum Gasteiger partial charge on any atom is 0.220 e. The van der Waals surface area contributed by atoms with Crippen molar-refractivity contribution in [3.63, 3.8) is 0 Å². The fraction of sp³-hybridized carbons (Fsp3) is 0.467. The Bertz CT molecular complexity index is 576. The zero-order valence-corrected chi connectivity index (χ0v) is 14.0. The Morgan fingerprint density at radius 1 is 1.48 bits per heavy atom. The molecule has 0 spiro atoms. The summed E-state index contributed by atoms with van der Waals surface area (Å²) in [6.07, 6.45) is 2.19. The van der Waals surface area contributed by atoms with Crippen LogP contribution >= 0.6 is 22.7 Å². The Balaban J connectivity index is 1.90. The van der Waals surface area contributed by atoms with E-state index in [1.807, 2.05) is 17.5 Å². The number of carbonyl (C=O) groups excluding carboxylic acids is 1. The molecule has 0 radical (unpaired) electrons. The van der Waals surface area contributed by atoms with Crippen LogP contribution < -0.4 is 11.1 Å². The Hall–Kier alpha value is -1.40. The van der Waals surface area contributed by atoms with E-state index in [2.05, 4.69) is 24.1 Å². The molecule has 2 aromatic heterocycles. The first-order valence-corrected chi connectivity index (χ1v) is 8.81. The van der Waals surface area contributed by atoms with Crippen molar-refractivity contribution in [3.8, 4) is 10.6 Å². The number of nitrogens with two attached hydrogens (primary N) is 1. The largest absolute Gasteiger partial charge is 0.375 e. The number of thiazole rings is 1. The molecule has 1 amide bonds. The average molecular weight is 323 g/mol. The molecule has 0 atom stereocenters. The zero-order valence-electron chi connectivity index (χ0n) is 12.4. The summed E-state index contributed by atoms with van der Waals surface area (Å²) < 4.78 is 0. The fourth-order valence-corrected chi connectivity index (χ4v) is 3.61. The summed E-state index contributed by atoms with van der Waals surface area (Å²) >= 11 is 3.12. The number of hydrogen-bond acceptors (Lipinski definition) is 5. The molecule has 6 heteroatoms. The van der Waals surface area contributed by atoms with Gasteiger partial charge in [0.15, 0.2) is 5.13 Å². The molecule has 0 aromatic carbocycles. The number of rotatable bonds is 7. The summed E-state index contributed by atoms with van der Waals surface area (Å²) in [5, 5.41) is 5.55. The van der Waals surface area contributed by atoms with E-state index in [0.29, 0.717) is 23.9 Å². The first-order valence-electron chi connectivity index (χ1n) is 7.12. The van der Waals surface area contributed by atoms with Crippen LogP contribution in [0.3, 0.4) is 0 Å². The summed E-state index contributed by atoms with van der Waals surface area (Å²) in [5.41, 5.74) is 6.75. The molecule has 0 saturated heterocycles. The Morgan fingerprint density at radius 2 is 2.29 bits per heavy atom. The number of anilines is 1. The van der Waals surface area contributed by atoms with Crippen LogP contribution in [0, 0.1) is 5.92 Å². The van der Waals surface area contributed by atoms with Gasteiger partial charge in [0, 0.05) is 17.8 Å². The van der Waals surface area contributed by atoms with Crippen molar-refractivity contribution in [2.24, 2.45) is 5.92 Å². The zero-order chi connectivity index (χ0) is 15.2. The van der Waals surface area contributed by atoms with E-state index in [4.69, 9.17) is 5.73 Å². The lowest BCUT2D eigenvalue weighted by Crippen LogP contribution is -2.25. The molecule has 3 N–H and O–H groups in total. The van der Waals surface area contributed by atoms with Gasteiger partial charge in [-0.2, -0.15) is 0 Å². The van der Waals surface area contributed by atoms with Crippen molar-refractivity contribution >= 4 is 33.7 Å². The van der Waals surface area contributed by atoms with Gasteiger partial charge in [0.25, 0.3) is 0 Å². The van der Waals surface area contributed by atoms with Gasteiger partial charge in [-0.05, 0) is 30.2 Å². The Labute approximate surface area is 133 Å². The van der Waals surface area contributed by atoms with E-state index in [9.17, 15) is 4.79 Å². The molecule has 2 rings (SSSR count). The minimum absolute atomic E-state index is 0.0970. The normalized spacial score (nSPS) is 11.0. The van der Waals surface area contributed by atoms with Gasteiger partial charge in [-0.3, -0.25) is 4.79 Å². The van der Waals surface area contributed by atoms with Crippen molar-refractivity contribution in [1.29, 1.82) is 0 Å². The lowest BCUT2D eigenvalue weighted by Gasteiger charge is -2.07. The number of carbonyl (C=O) groups is 1. The third kappa shape index (κ3) is 4.82. The minimum atomic E-state index is 0.0970. The average Bonchev–Trinajstić information content (AvgIpc) is 3.04. The second-order valence-corrected chi connectivity index (χ2v) is 7.40. The minimum Gasteiger partial charge on any atom is -0.375 e. The van der Waals surface area contributed by atoms with Gasteiger partial charge >= 0.3 is 0 Å². The van der Waals surface area contributed by atoms with Crippen molar-refractivity contribution < 1.29 is 4.79 Å². The van der Waals surface area contributed by atoms with Crippen molar-refractivity contribution in [2.75, 3.05) is 12.3 Å². The number of amides is 1. The fourth-order valence-electron chi connectivity index (χ4n) is 1.96. The van der Waals surface area contributed by atoms with Crippen LogP contribution in [0.25, 0.3) is 10.6 Å². The van der Waals surface area contributed by atoms with Gasteiger partial charge in [0.2, 0.25) is 5.91 Å². The molecule has 21 heavy (non-hydrogen) atoms. The molecule has 0 unspecified atom stereocenters. The highest BCUT2D eigenvalue weighted by Gasteiger charge is 2.14. The molecule has 0 aliphatic rings. The highest BCUT2D eigenvalue weighted by Crippen LogP contribution is 2.33. The summed E-state index contributed by atoms with van der Waals surface area (Å²) in [5.74, 6) is 0.705. The quantitative estimate of drug-likeness (QED) is 0.819. The Morgan fingerprint density at radius 3 is 2.95 bits per heavy atom. The molecule has 0 bridgehead atoms. The molecular formula is C15H21N3OS2. The van der Waals surface area contributed by atoms with Crippen LogP contribution in [0.4, 0.5) is 5.13 Å². The topological polar surface area (TPSA) is 68.0 Å². The van der Waals surface area contributed by atoms with Crippen molar-refractivity contribution in [1.82, 2.24) is 10.3 Å². The van der Waals surface area contributed by atoms with Crippen molar-refractivity contribution in [2.45, 2.75) is 33.1 Å². The standard InChI is InChI=1S/C15H21N3OS2/c1-10(2)7-8-17-13(19)6-5-12-14(18-15(16)21-12)11-4-3-9-20-11/h3-4,9-10H,5-8H2,1-2H3,(H2,16,18)(H,17,19). The SMILES string of the molecule is CC(C)CCNC(=O)CCc1sc(N)nc1-c1cccs1. The maximum absolute atomic E-state index is 11.8. The van der Waals surface area contributed by atoms with E-state index in [0.717, 1.165) is 28.4 Å². The van der Waals surface area contributed by atoms with Crippen LogP contribution in [-0.2, 0) is 11.2 Å². The summed E-state index contributed by atoms with van der Waals surface area (Å²) in [6, 6.07) is 4.03. The summed E-state index contributed by atoms with van der Waals surface area (Å²) in [6.45, 7) is 5.05. The van der Waals surface area contributed by atoms with Gasteiger partial charge in [-0.1, -0.05) is 19.9 Å². The lowest BCUT2D eigenvalue weighted by molar-refractivity contribution is -0.121. The highest BCUT2D eigenvalue weighted by atomic mass is 32.1. The number of nitrogens with one attached hydrogen (secondary N) is 1. The number of aryl methyl sites for hydroxylation is 1. The van der Waals surface area contributed by atoms with E-state index in [-0.39, 0.29) is 5.91 Å². The molecular weight excluding hydrogens is 302 g/mol. The second kappa shape index (κ2) is 7.56. The van der Waals surface area contributed by atoms with E-state index < -0.39 is 0 Å². The van der Waals surface area contributed by atoms with Crippen LogP contribution in [0.15, 0.2) is 17.5 Å². The Kier molecular flexibility index (Phi) is 5.76. The third-order valence-electron chi connectivity index (χ3n) is 3.09. The molecule has 2 aromatic rings. The van der Waals surface area contributed by atoms with Crippen LogP contribution in [-0.4, -0.2) is 17.4 Å². The summed E-state index contributed by atoms with van der Waals surface area (Å²) in [4.78, 5) is 18.4. The van der Waals surface area contributed by atoms with Gasteiger partial charge in [-0.25, -0.2) is 4.98 Å². The third-order valence-corrected chi connectivity index (χ3v) is 4.91. The first-order chi connectivity index (χ1) is 10.1. The second-order valence-electron chi connectivity index (χ2n) is 5.33. The first kappa shape index (κ1) is 16.0. The maximum atomic E-state index is 11.8. The number of aromatic nitrogens is 1. The summed E-state index contributed by atoms with van der Waals surface area (Å²) in [7, 11) is 0. The number of thiophene rings is 1. The smallest absolute Gasteiger partial charge is 0.220 e. The monoisotopic (exact) mass is 323 g/mol. The lowest BCUT2D eigenvalue weighted by atomic mass is 10.1. The molecule has 114 valence electrons. The molecule has 0 saturated carbocycles. The van der Waals surface area contributed by atoms with Gasteiger partial charge in [0.1, 0.15) is 0 Å². The van der Waals surface area contributed by atoms with Gasteiger partial charge in [-0.15, -0.1) is 22.7 Å². The van der Waals surface area contributed by atoms with Crippen LogP contribution in [0.2, 0.25) is 0 Å². The van der Waals surface area contributed by atoms with Crippen molar-refractivity contribution in [3.05, 3.63) is 22.4 Å². The highest BCUT2D eigenvalue weighted by molar-refractivity contribution is 7.17. The number of hydrogen-bond donors (Lipinski definition) is 2. The molecule has 0 fully saturated rings. The van der Waals surface area contributed by atoms with Crippen LogP contribution in [0.1, 0.15) is 31.6 Å². The van der Waals surface area contributed by atoms with E-state index >= 15 is 0 Å². The number of nitrogen functional groups attached to an aromatic ring is 1. The van der Waals surface area contributed by atoms with Gasteiger partial charge < -0.3 is 11.1 Å². The molecule has 2 heterocycles. The van der Waals surface area contributed by atoms with E-state index in [1.165, 1.54) is 11.3 Å². The van der Waals surface area contributed by atoms with Crippen LogP contribution in [0.5, 0.6) is 0 Å². The van der Waals surface area contributed by atoms with Gasteiger partial charge in [0.05, 0.1) is 10.6 Å². The molecule has 4 nitrogen and oxygen atoms in total. The predicted octanol–water partition coefficient (Wildman–Crippen LogP) is 3.55. The predicted molar refractivity (Wildman–Crippen MR) is 90.6 cm³/mol. The van der Waals surface area contributed by atoms with E-state index in [1.54, 1.807) is 11.3 Å².